The van der Waals surface area contributed by atoms with Gasteiger partial charge < -0.3 is 0 Å². The second kappa shape index (κ2) is 9.64. The number of amidine groups is 1. The molecule has 0 unspecified atom stereocenters. The summed E-state index contributed by atoms with van der Waals surface area (Å²) in [5, 5.41) is 12.7. The second-order valence-electron chi connectivity index (χ2n) is 8.73. The molecule has 39 heavy (non-hydrogen) atoms. The fraction of sp³-hybridized carbons (Fsp3) is 0. The van der Waals surface area contributed by atoms with Gasteiger partial charge in [0.15, 0.2) is 11.7 Å². The van der Waals surface area contributed by atoms with Crippen molar-refractivity contribution in [2.45, 2.75) is 0 Å². The number of nitrogens with zero attached hydrogens (tertiary/aromatic N) is 5. The van der Waals surface area contributed by atoms with Crippen LogP contribution in [0.1, 0.15) is 11.1 Å². The summed E-state index contributed by atoms with van der Waals surface area (Å²) in [6.07, 6.45) is 1.54. The zero-order valence-electron chi connectivity index (χ0n) is 20.3. The van der Waals surface area contributed by atoms with Crippen molar-refractivity contribution < 1.29 is 9.72 Å². The van der Waals surface area contributed by atoms with Crippen molar-refractivity contribution in [1.29, 1.82) is 0 Å². The van der Waals surface area contributed by atoms with Crippen LogP contribution in [0.25, 0.3) is 28.4 Å². The number of amides is 1. The highest BCUT2D eigenvalue weighted by molar-refractivity contribution is 6.29. The zero-order chi connectivity index (χ0) is 26.9. The lowest BCUT2D eigenvalue weighted by Gasteiger charge is -2.23. The molecule has 0 N–H and O–H groups in total. The Hall–Kier alpha value is -5.70. The van der Waals surface area contributed by atoms with Gasteiger partial charge in [0.05, 0.1) is 15.8 Å². The van der Waals surface area contributed by atoms with Crippen molar-refractivity contribution in [3.63, 3.8) is 0 Å². The van der Waals surface area contributed by atoms with Crippen molar-refractivity contribution >= 4 is 34.4 Å². The average molecular weight is 514 g/mol. The SMILES string of the molecule is O=C1/C(=C\c2ccc([N+](=O)[O-])cc2)N=C(c2ccccc2)N1n1c(-c2ccccc2)nc2ccccc2c1=O. The average Bonchev–Trinajstić information content (AvgIpc) is 3.29. The molecule has 1 aliphatic rings. The number of rotatable bonds is 5. The number of benzene rings is 4. The minimum Gasteiger partial charge on any atom is -0.267 e. The van der Waals surface area contributed by atoms with Gasteiger partial charge in [-0.15, -0.1) is 0 Å². The van der Waals surface area contributed by atoms with Gasteiger partial charge in [-0.3, -0.25) is 19.7 Å². The van der Waals surface area contributed by atoms with E-state index in [1.807, 2.05) is 48.5 Å². The maximum absolute atomic E-state index is 14.0. The van der Waals surface area contributed by atoms with Crippen LogP contribution in [-0.4, -0.2) is 26.3 Å². The maximum Gasteiger partial charge on any atom is 0.297 e. The summed E-state index contributed by atoms with van der Waals surface area (Å²) in [6.45, 7) is 0. The molecule has 6 rings (SSSR count). The van der Waals surface area contributed by atoms with E-state index < -0.39 is 16.4 Å². The monoisotopic (exact) mass is 513 g/mol. The van der Waals surface area contributed by atoms with Gasteiger partial charge in [-0.2, -0.15) is 9.69 Å². The van der Waals surface area contributed by atoms with Crippen molar-refractivity contribution in [2.24, 2.45) is 4.99 Å². The number of hydrogen-bond acceptors (Lipinski definition) is 6. The number of aromatic nitrogens is 2. The number of carbonyl (C=O) groups excluding carboxylic acids is 1. The Balaban J connectivity index is 1.58. The standard InChI is InChI=1S/C30H19N5O4/c36-29-24-13-7-8-14-25(24)31-27(21-9-3-1-4-10-21)33(29)34-28(22-11-5-2-6-12-22)32-26(30(34)37)19-20-15-17-23(18-16-20)35(38)39/h1-19H/b26-19+. The summed E-state index contributed by atoms with van der Waals surface area (Å²) < 4.78 is 1.27. The van der Waals surface area contributed by atoms with E-state index in [4.69, 9.17) is 4.98 Å². The Morgan fingerprint density at radius 1 is 0.744 bits per heavy atom. The van der Waals surface area contributed by atoms with Crippen molar-refractivity contribution in [2.75, 3.05) is 5.01 Å². The minimum atomic E-state index is -0.538. The van der Waals surface area contributed by atoms with Crippen LogP contribution in [0, 0.1) is 10.1 Å². The number of carbonyl (C=O) groups is 1. The van der Waals surface area contributed by atoms with Crippen molar-refractivity contribution in [3.8, 4) is 11.4 Å². The second-order valence-corrected chi connectivity index (χ2v) is 8.73. The zero-order valence-corrected chi connectivity index (χ0v) is 20.3. The third kappa shape index (κ3) is 4.27. The molecule has 4 aromatic carbocycles. The van der Waals surface area contributed by atoms with Crippen LogP contribution in [0.15, 0.2) is 125 Å². The molecule has 2 heterocycles. The fourth-order valence-corrected chi connectivity index (χ4v) is 4.40. The molecule has 188 valence electrons. The number of para-hydroxylation sites is 1. The summed E-state index contributed by atoms with van der Waals surface area (Å²) in [6, 6.07) is 31.0. The lowest BCUT2D eigenvalue weighted by molar-refractivity contribution is -0.384. The molecule has 0 saturated carbocycles. The van der Waals surface area contributed by atoms with Gasteiger partial charge in [0.2, 0.25) is 0 Å². The third-order valence-corrected chi connectivity index (χ3v) is 6.26. The van der Waals surface area contributed by atoms with Gasteiger partial charge in [0, 0.05) is 23.3 Å². The Labute approximate surface area is 221 Å². The van der Waals surface area contributed by atoms with E-state index in [1.54, 1.807) is 36.4 Å². The molecule has 0 aliphatic carbocycles. The first-order chi connectivity index (χ1) is 19.0. The molecule has 0 spiro atoms. The normalized spacial score (nSPS) is 14.2. The van der Waals surface area contributed by atoms with Crippen LogP contribution >= 0.6 is 0 Å². The maximum atomic E-state index is 14.0. The molecule has 1 aliphatic heterocycles. The number of non-ortho nitro benzene ring substituents is 1. The van der Waals surface area contributed by atoms with E-state index in [0.717, 1.165) is 0 Å². The topological polar surface area (TPSA) is 111 Å². The van der Waals surface area contributed by atoms with Crippen LogP contribution < -0.4 is 10.6 Å². The number of nitro benzene ring substituents is 1. The predicted molar refractivity (Wildman–Crippen MR) is 149 cm³/mol. The first-order valence-corrected chi connectivity index (χ1v) is 12.0. The highest BCUT2D eigenvalue weighted by Crippen LogP contribution is 2.26. The van der Waals surface area contributed by atoms with E-state index in [2.05, 4.69) is 4.99 Å². The fourth-order valence-electron chi connectivity index (χ4n) is 4.40. The lowest BCUT2D eigenvalue weighted by Crippen LogP contribution is -2.49. The minimum absolute atomic E-state index is 0.0636. The lowest BCUT2D eigenvalue weighted by atomic mass is 10.1. The Bertz CT molecular complexity index is 1860. The predicted octanol–water partition coefficient (Wildman–Crippen LogP) is 4.94. The van der Waals surface area contributed by atoms with E-state index in [9.17, 15) is 19.7 Å². The van der Waals surface area contributed by atoms with Gasteiger partial charge in [0.1, 0.15) is 5.70 Å². The van der Waals surface area contributed by atoms with E-state index in [-0.39, 0.29) is 23.0 Å². The molecule has 0 atom stereocenters. The van der Waals surface area contributed by atoms with Gasteiger partial charge in [-0.1, -0.05) is 72.8 Å². The number of aliphatic imine (C=N–C) groups is 1. The molecular weight excluding hydrogens is 494 g/mol. The third-order valence-electron chi connectivity index (χ3n) is 6.26. The number of nitro groups is 1. The van der Waals surface area contributed by atoms with Crippen LogP contribution in [0.2, 0.25) is 0 Å². The summed E-state index contributed by atoms with van der Waals surface area (Å²) in [4.78, 5) is 48.0. The molecule has 0 fully saturated rings. The van der Waals surface area contributed by atoms with Gasteiger partial charge in [-0.25, -0.2) is 9.98 Å². The van der Waals surface area contributed by atoms with Crippen LogP contribution in [0.3, 0.4) is 0 Å². The molecular formula is C30H19N5O4. The Morgan fingerprint density at radius 3 is 2.03 bits per heavy atom. The number of hydrogen-bond donors (Lipinski definition) is 0. The summed E-state index contributed by atoms with van der Waals surface area (Å²) in [5.74, 6) is 0.00144. The molecule has 0 saturated heterocycles. The smallest absolute Gasteiger partial charge is 0.267 e. The van der Waals surface area contributed by atoms with Gasteiger partial charge >= 0.3 is 0 Å². The molecule has 5 aromatic rings. The van der Waals surface area contributed by atoms with E-state index in [0.29, 0.717) is 27.6 Å². The molecule has 0 radical (unpaired) electrons. The summed E-state index contributed by atoms with van der Waals surface area (Å²) in [5.41, 5.74) is 1.91. The number of fused-ring (bicyclic) bond motifs is 1. The molecule has 9 heteroatoms. The highest BCUT2D eigenvalue weighted by Gasteiger charge is 2.35. The van der Waals surface area contributed by atoms with Crippen LogP contribution in [0.4, 0.5) is 5.69 Å². The van der Waals surface area contributed by atoms with E-state index in [1.165, 1.54) is 40.0 Å². The first kappa shape index (κ1) is 23.7. The molecule has 1 aromatic heterocycles. The summed E-state index contributed by atoms with van der Waals surface area (Å²) >= 11 is 0. The summed E-state index contributed by atoms with van der Waals surface area (Å²) in [7, 11) is 0. The van der Waals surface area contributed by atoms with Crippen molar-refractivity contribution in [1.82, 2.24) is 9.66 Å². The van der Waals surface area contributed by atoms with Crippen molar-refractivity contribution in [3.05, 3.63) is 146 Å². The Morgan fingerprint density at radius 2 is 1.36 bits per heavy atom. The largest absolute Gasteiger partial charge is 0.297 e. The van der Waals surface area contributed by atoms with Gasteiger partial charge in [0.25, 0.3) is 17.2 Å². The molecule has 9 nitrogen and oxygen atoms in total. The van der Waals surface area contributed by atoms with Crippen LogP contribution in [0.5, 0.6) is 0 Å². The quantitative estimate of drug-likeness (QED) is 0.188. The van der Waals surface area contributed by atoms with Gasteiger partial charge in [-0.05, 0) is 35.9 Å². The Kier molecular flexibility index (Phi) is 5.85. The first-order valence-electron chi connectivity index (χ1n) is 12.0. The highest BCUT2D eigenvalue weighted by atomic mass is 16.6. The molecule has 0 bridgehead atoms. The van der Waals surface area contributed by atoms with Crippen LogP contribution in [-0.2, 0) is 4.79 Å². The van der Waals surface area contributed by atoms with E-state index >= 15 is 0 Å². The molecule has 1 amide bonds.